The first-order valence-corrected chi connectivity index (χ1v) is 25.2. The topological polar surface area (TPSA) is 0 Å². The van der Waals surface area contributed by atoms with Gasteiger partial charge in [0, 0.05) is 10.3 Å². The lowest BCUT2D eigenvalue weighted by molar-refractivity contribution is 0.451. The van der Waals surface area contributed by atoms with Crippen LogP contribution in [0.25, 0.3) is 22.3 Å². The van der Waals surface area contributed by atoms with Gasteiger partial charge >= 0.3 is 0 Å². The summed E-state index contributed by atoms with van der Waals surface area (Å²) in [6, 6.07) is 40.1. The molecule has 6 aliphatic rings. The van der Waals surface area contributed by atoms with E-state index in [-0.39, 0.29) is 26.2 Å². The van der Waals surface area contributed by atoms with Gasteiger partial charge in [-0.05, 0) is 125 Å². The third kappa shape index (κ3) is 5.81. The molecule has 0 amide bonds. The smallest absolute Gasteiger partial charge is 0.0433 e. The van der Waals surface area contributed by atoms with Crippen LogP contribution < -0.4 is 0 Å². The molecule has 0 nitrogen and oxygen atoms in total. The Kier molecular flexibility index (Phi) is 9.96. The largest absolute Gasteiger partial charge is 0.0846 e. The zero-order valence-corrected chi connectivity index (χ0v) is 34.1. The number of fused-ring (bicyclic) bond motifs is 6. The van der Waals surface area contributed by atoms with E-state index in [4.69, 9.17) is 0 Å². The van der Waals surface area contributed by atoms with E-state index in [9.17, 15) is 0 Å². The standard InChI is InChI=1S/C51H62P2/c1-5-21-38(22-6-1)52(39-23-7-2-8-24-39)50(46-33-17-13-29-42(46)43-30-14-18-34-47(43)50)37-51(48-35-19-15-31-44(48)45-32-16-20-36-49(45)51)53(40-25-9-3-10-26-40)41-27-11-4-12-28-41/h13-20,29-36,38-41H,1-12,21-28,37H2. The molecule has 4 saturated carbocycles. The van der Waals surface area contributed by atoms with Gasteiger partial charge in [-0.3, -0.25) is 0 Å². The third-order valence-corrected chi connectivity index (χ3v) is 23.6. The van der Waals surface area contributed by atoms with Crippen molar-refractivity contribution in [2.24, 2.45) is 0 Å². The van der Waals surface area contributed by atoms with Crippen LogP contribution in [0.15, 0.2) is 97.1 Å². The van der Waals surface area contributed by atoms with Crippen LogP contribution in [0.3, 0.4) is 0 Å². The number of hydrogen-bond acceptors (Lipinski definition) is 0. The summed E-state index contributed by atoms with van der Waals surface area (Å²) in [7, 11) is -0.663. The first kappa shape index (κ1) is 35.2. The quantitative estimate of drug-likeness (QED) is 0.158. The molecule has 276 valence electrons. The van der Waals surface area contributed by atoms with Gasteiger partial charge in [-0.1, -0.05) is 190 Å². The molecule has 0 atom stereocenters. The summed E-state index contributed by atoms with van der Waals surface area (Å²) < 4.78 is 0. The van der Waals surface area contributed by atoms with E-state index in [1.165, 1.54) is 135 Å². The maximum Gasteiger partial charge on any atom is 0.0433 e. The van der Waals surface area contributed by atoms with Crippen molar-refractivity contribution in [1.82, 2.24) is 0 Å². The molecule has 0 aliphatic heterocycles. The van der Waals surface area contributed by atoms with Crippen LogP contribution in [0.4, 0.5) is 0 Å². The van der Waals surface area contributed by atoms with Crippen molar-refractivity contribution in [3.05, 3.63) is 119 Å². The predicted molar refractivity (Wildman–Crippen MR) is 231 cm³/mol. The maximum absolute atomic E-state index is 2.68. The second kappa shape index (κ2) is 15.0. The number of benzene rings is 4. The van der Waals surface area contributed by atoms with Crippen molar-refractivity contribution >= 4 is 15.8 Å². The highest BCUT2D eigenvalue weighted by Crippen LogP contribution is 2.82. The minimum atomic E-state index is -0.331. The van der Waals surface area contributed by atoms with Crippen molar-refractivity contribution < 1.29 is 0 Å². The normalized spacial score (nSPS) is 23.1. The summed E-state index contributed by atoms with van der Waals surface area (Å²) >= 11 is 0. The van der Waals surface area contributed by atoms with Gasteiger partial charge in [-0.2, -0.15) is 0 Å². The fourth-order valence-electron chi connectivity index (χ4n) is 13.4. The molecule has 0 spiro atoms. The Morgan fingerprint density at radius 3 is 0.792 bits per heavy atom. The van der Waals surface area contributed by atoms with E-state index in [0.29, 0.717) is 0 Å². The number of hydrogen-bond donors (Lipinski definition) is 0. The van der Waals surface area contributed by atoms with Crippen molar-refractivity contribution in [1.29, 1.82) is 0 Å². The Labute approximate surface area is 323 Å². The van der Waals surface area contributed by atoms with E-state index in [0.717, 1.165) is 22.6 Å². The molecule has 4 aromatic rings. The van der Waals surface area contributed by atoms with Crippen LogP contribution in [0.2, 0.25) is 0 Å². The Morgan fingerprint density at radius 2 is 0.547 bits per heavy atom. The average molecular weight is 737 g/mol. The van der Waals surface area contributed by atoms with Gasteiger partial charge in [-0.15, -0.1) is 0 Å². The van der Waals surface area contributed by atoms with E-state index < -0.39 is 0 Å². The van der Waals surface area contributed by atoms with Gasteiger partial charge in [0.15, 0.2) is 0 Å². The molecule has 0 heterocycles. The van der Waals surface area contributed by atoms with E-state index in [1.807, 2.05) is 0 Å². The Hall–Kier alpha value is -2.26. The molecule has 0 N–H and O–H groups in total. The Morgan fingerprint density at radius 1 is 0.321 bits per heavy atom. The summed E-state index contributed by atoms with van der Waals surface area (Å²) in [6.07, 6.45) is 30.4. The van der Waals surface area contributed by atoms with E-state index in [2.05, 4.69) is 97.1 Å². The zero-order chi connectivity index (χ0) is 35.2. The fraction of sp³-hybridized carbons (Fsp3) is 0.529. The van der Waals surface area contributed by atoms with Gasteiger partial charge in [0.1, 0.15) is 0 Å². The molecular weight excluding hydrogens is 675 g/mol. The average Bonchev–Trinajstić information content (AvgIpc) is 3.67. The SMILES string of the molecule is c1ccc2c(c1)-c1ccccc1C2(CC1(P(C2CCCCC2)C2CCCCC2)c2ccccc2-c2ccccc21)P(C1CCCCC1)C1CCCCC1. The molecule has 0 radical (unpaired) electrons. The lowest BCUT2D eigenvalue weighted by Gasteiger charge is -2.57. The van der Waals surface area contributed by atoms with Crippen molar-refractivity contribution in [3.8, 4) is 22.3 Å². The summed E-state index contributed by atoms with van der Waals surface area (Å²) in [5.74, 6) is 0. The Balaban J connectivity index is 1.30. The molecule has 0 unspecified atom stereocenters. The summed E-state index contributed by atoms with van der Waals surface area (Å²) in [4.78, 5) is 0. The first-order valence-electron chi connectivity index (χ1n) is 22.3. The molecule has 2 heteroatoms. The van der Waals surface area contributed by atoms with E-state index in [1.54, 1.807) is 44.5 Å². The van der Waals surface area contributed by atoms with Crippen LogP contribution >= 0.6 is 15.8 Å². The highest BCUT2D eigenvalue weighted by atomic mass is 31.1. The monoisotopic (exact) mass is 736 g/mol. The predicted octanol–water partition coefficient (Wildman–Crippen LogP) is 15.5. The Bertz CT molecular complexity index is 1620. The minimum Gasteiger partial charge on any atom is -0.0846 e. The zero-order valence-electron chi connectivity index (χ0n) is 32.3. The summed E-state index contributed by atoms with van der Waals surface area (Å²) in [5.41, 5.74) is 16.8. The van der Waals surface area contributed by atoms with Gasteiger partial charge in [0.25, 0.3) is 0 Å². The van der Waals surface area contributed by atoms with Gasteiger partial charge in [-0.25, -0.2) is 0 Å². The molecule has 4 aromatic carbocycles. The lowest BCUT2D eigenvalue weighted by atomic mass is 9.80. The maximum atomic E-state index is 2.68. The summed E-state index contributed by atoms with van der Waals surface area (Å²) in [5, 5.41) is 0.141. The van der Waals surface area contributed by atoms with Crippen LogP contribution in [0, 0.1) is 0 Å². The highest BCUT2D eigenvalue weighted by molar-refractivity contribution is 7.62. The molecule has 4 fully saturated rings. The van der Waals surface area contributed by atoms with Gasteiger partial charge < -0.3 is 0 Å². The van der Waals surface area contributed by atoms with Crippen LogP contribution in [-0.4, -0.2) is 22.6 Å². The lowest BCUT2D eigenvalue weighted by Crippen LogP contribution is -2.43. The molecule has 0 bridgehead atoms. The second-order valence-electron chi connectivity index (χ2n) is 18.1. The molecular formula is C51H62P2. The molecule has 0 aromatic heterocycles. The fourth-order valence-corrected chi connectivity index (χ4v) is 23.6. The van der Waals surface area contributed by atoms with Gasteiger partial charge in [0.2, 0.25) is 0 Å². The number of rotatable bonds is 8. The minimum absolute atomic E-state index is 0.0704. The molecule has 0 saturated heterocycles. The summed E-state index contributed by atoms with van der Waals surface area (Å²) in [6.45, 7) is 0. The third-order valence-electron chi connectivity index (χ3n) is 15.3. The van der Waals surface area contributed by atoms with Crippen molar-refractivity contribution in [3.63, 3.8) is 0 Å². The van der Waals surface area contributed by atoms with Crippen LogP contribution in [-0.2, 0) is 10.3 Å². The highest BCUT2D eigenvalue weighted by Gasteiger charge is 2.62. The van der Waals surface area contributed by atoms with Crippen LogP contribution in [0.1, 0.15) is 157 Å². The first-order chi connectivity index (χ1) is 26.3. The van der Waals surface area contributed by atoms with Crippen molar-refractivity contribution in [2.75, 3.05) is 0 Å². The van der Waals surface area contributed by atoms with Crippen LogP contribution in [0.5, 0.6) is 0 Å². The van der Waals surface area contributed by atoms with Gasteiger partial charge in [0.05, 0.1) is 0 Å². The molecule has 10 rings (SSSR count). The molecule has 6 aliphatic carbocycles. The second-order valence-corrected chi connectivity index (χ2v) is 24.1. The van der Waals surface area contributed by atoms with E-state index >= 15 is 0 Å². The molecule has 53 heavy (non-hydrogen) atoms. The van der Waals surface area contributed by atoms with Crippen molar-refractivity contribution in [2.45, 2.75) is 168 Å².